The monoisotopic (exact) mass is 202 g/mol. The van der Waals surface area contributed by atoms with Crippen molar-refractivity contribution in [2.75, 3.05) is 20.6 Å². The minimum atomic E-state index is -0.986. The average Bonchev–Trinajstić information content (AvgIpc) is 2.11. The molecule has 0 radical (unpaired) electrons. The minimum absolute atomic E-state index is 0.0546. The summed E-state index contributed by atoms with van der Waals surface area (Å²) in [6.07, 6.45) is 0.743. The number of nitrogens with zero attached hydrogens (tertiary/aromatic N) is 2. The van der Waals surface area contributed by atoms with Crippen LogP contribution in [0.3, 0.4) is 0 Å². The van der Waals surface area contributed by atoms with Crippen LogP contribution >= 0.6 is 0 Å². The molecule has 0 saturated carbocycles. The molecule has 5 nitrogen and oxygen atoms in total. The lowest BCUT2D eigenvalue weighted by molar-refractivity contribution is -0.138. The van der Waals surface area contributed by atoms with Crippen LogP contribution in [0.15, 0.2) is 0 Å². The van der Waals surface area contributed by atoms with Crippen molar-refractivity contribution in [3.8, 4) is 0 Å². The molecule has 0 aliphatic heterocycles. The van der Waals surface area contributed by atoms with E-state index in [0.717, 1.165) is 6.42 Å². The first-order valence-corrected chi connectivity index (χ1v) is 4.59. The van der Waals surface area contributed by atoms with Crippen molar-refractivity contribution < 1.29 is 14.7 Å². The normalized spacial score (nSPS) is 12.0. The van der Waals surface area contributed by atoms with Crippen LogP contribution in [0.1, 0.15) is 20.3 Å². The molecule has 0 bridgehead atoms. The van der Waals surface area contributed by atoms with Gasteiger partial charge in [-0.3, -0.25) is 4.79 Å². The first-order valence-electron chi connectivity index (χ1n) is 4.59. The third kappa shape index (κ3) is 3.64. The highest BCUT2D eigenvalue weighted by molar-refractivity contribution is 5.80. The van der Waals surface area contributed by atoms with Gasteiger partial charge in [-0.2, -0.15) is 0 Å². The third-order valence-electron chi connectivity index (χ3n) is 2.06. The second-order valence-electron chi connectivity index (χ2n) is 3.46. The molecule has 82 valence electrons. The minimum Gasteiger partial charge on any atom is -0.480 e. The lowest BCUT2D eigenvalue weighted by Crippen LogP contribution is -2.46. The van der Waals surface area contributed by atoms with Crippen LogP contribution < -0.4 is 0 Å². The van der Waals surface area contributed by atoms with Gasteiger partial charge in [0.2, 0.25) is 0 Å². The Morgan fingerprint density at radius 2 is 1.86 bits per heavy atom. The second-order valence-corrected chi connectivity index (χ2v) is 3.46. The Balaban J connectivity index is 4.54. The number of carbonyl (C=O) groups excluding carboxylic acids is 1. The molecule has 0 fully saturated rings. The average molecular weight is 202 g/mol. The van der Waals surface area contributed by atoms with Crippen molar-refractivity contribution in [1.82, 2.24) is 9.80 Å². The van der Waals surface area contributed by atoms with Crippen molar-refractivity contribution in [1.29, 1.82) is 0 Å². The summed E-state index contributed by atoms with van der Waals surface area (Å²) in [5, 5.41) is 8.65. The summed E-state index contributed by atoms with van der Waals surface area (Å²) >= 11 is 0. The topological polar surface area (TPSA) is 60.9 Å². The number of carboxylic acids is 1. The van der Waals surface area contributed by atoms with E-state index in [4.69, 9.17) is 5.11 Å². The van der Waals surface area contributed by atoms with Crippen molar-refractivity contribution >= 4 is 12.0 Å². The van der Waals surface area contributed by atoms with E-state index in [1.165, 1.54) is 9.80 Å². The Labute approximate surface area is 84.3 Å². The van der Waals surface area contributed by atoms with E-state index in [1.807, 2.05) is 13.8 Å². The number of hydrogen-bond acceptors (Lipinski definition) is 2. The third-order valence-corrected chi connectivity index (χ3v) is 2.06. The van der Waals surface area contributed by atoms with Gasteiger partial charge in [0, 0.05) is 20.1 Å². The summed E-state index contributed by atoms with van der Waals surface area (Å²) in [5.74, 6) is -0.986. The molecule has 0 rings (SSSR count). The standard InChI is InChI=1S/C9H18N2O3/c1-5-7(2)11(6-8(12)13)9(14)10(3)4/h7H,5-6H2,1-4H3,(H,12,13). The molecule has 2 amide bonds. The summed E-state index contributed by atoms with van der Waals surface area (Å²) in [4.78, 5) is 24.8. The number of hydrogen-bond donors (Lipinski definition) is 1. The van der Waals surface area contributed by atoms with Crippen LogP contribution in [0.4, 0.5) is 4.79 Å². The van der Waals surface area contributed by atoms with E-state index < -0.39 is 5.97 Å². The van der Waals surface area contributed by atoms with Gasteiger partial charge in [0.25, 0.3) is 0 Å². The van der Waals surface area contributed by atoms with Crippen molar-refractivity contribution in [3.63, 3.8) is 0 Å². The first-order chi connectivity index (χ1) is 6.40. The molecule has 0 heterocycles. The summed E-state index contributed by atoms with van der Waals surface area (Å²) < 4.78 is 0. The van der Waals surface area contributed by atoms with Crippen LogP contribution in [0, 0.1) is 0 Å². The molecule has 0 aromatic heterocycles. The lowest BCUT2D eigenvalue weighted by Gasteiger charge is -2.29. The Hall–Kier alpha value is -1.26. The predicted octanol–water partition coefficient (Wildman–Crippen LogP) is 0.853. The summed E-state index contributed by atoms with van der Waals surface area (Å²) in [5.41, 5.74) is 0. The van der Waals surface area contributed by atoms with Crippen molar-refractivity contribution in [2.45, 2.75) is 26.3 Å². The maximum absolute atomic E-state index is 11.6. The van der Waals surface area contributed by atoms with Gasteiger partial charge in [-0.15, -0.1) is 0 Å². The van der Waals surface area contributed by atoms with Crippen LogP contribution in [0.2, 0.25) is 0 Å². The lowest BCUT2D eigenvalue weighted by atomic mass is 10.2. The Morgan fingerprint density at radius 3 is 2.14 bits per heavy atom. The van der Waals surface area contributed by atoms with Gasteiger partial charge in [-0.05, 0) is 13.3 Å². The van der Waals surface area contributed by atoms with Crippen LogP contribution in [0.5, 0.6) is 0 Å². The number of rotatable bonds is 4. The van der Waals surface area contributed by atoms with E-state index in [9.17, 15) is 9.59 Å². The molecule has 1 unspecified atom stereocenters. The molecule has 0 aliphatic rings. The quantitative estimate of drug-likeness (QED) is 0.735. The summed E-state index contributed by atoms with van der Waals surface area (Å²) in [7, 11) is 3.22. The SMILES string of the molecule is CCC(C)N(CC(=O)O)C(=O)N(C)C. The highest BCUT2D eigenvalue weighted by Crippen LogP contribution is 2.05. The van der Waals surface area contributed by atoms with Crippen LogP contribution in [-0.2, 0) is 4.79 Å². The molecule has 14 heavy (non-hydrogen) atoms. The van der Waals surface area contributed by atoms with E-state index >= 15 is 0 Å². The van der Waals surface area contributed by atoms with Gasteiger partial charge in [0.15, 0.2) is 0 Å². The molecule has 0 aromatic rings. The van der Waals surface area contributed by atoms with Gasteiger partial charge in [-0.1, -0.05) is 6.92 Å². The van der Waals surface area contributed by atoms with Gasteiger partial charge < -0.3 is 14.9 Å². The molecule has 1 N–H and O–H groups in total. The fourth-order valence-corrected chi connectivity index (χ4v) is 1.04. The maximum atomic E-state index is 11.6. The van der Waals surface area contributed by atoms with Gasteiger partial charge in [0.1, 0.15) is 6.54 Å². The fraction of sp³-hybridized carbons (Fsp3) is 0.778. The molecule has 0 spiro atoms. The first kappa shape index (κ1) is 12.7. The molecule has 0 aromatic carbocycles. The zero-order chi connectivity index (χ0) is 11.3. The van der Waals surface area contributed by atoms with E-state index in [-0.39, 0.29) is 18.6 Å². The molecule has 5 heteroatoms. The number of carboxylic acid groups (broad SMARTS) is 1. The van der Waals surface area contributed by atoms with E-state index in [1.54, 1.807) is 14.1 Å². The number of aliphatic carboxylic acids is 1. The van der Waals surface area contributed by atoms with E-state index in [0.29, 0.717) is 0 Å². The van der Waals surface area contributed by atoms with Crippen LogP contribution in [-0.4, -0.2) is 53.6 Å². The highest BCUT2D eigenvalue weighted by Gasteiger charge is 2.22. The van der Waals surface area contributed by atoms with Crippen molar-refractivity contribution in [2.24, 2.45) is 0 Å². The Morgan fingerprint density at radius 1 is 1.36 bits per heavy atom. The number of urea groups is 1. The molecular formula is C9H18N2O3. The molecule has 1 atom stereocenters. The van der Waals surface area contributed by atoms with Gasteiger partial charge in [0.05, 0.1) is 0 Å². The van der Waals surface area contributed by atoms with Crippen molar-refractivity contribution in [3.05, 3.63) is 0 Å². The maximum Gasteiger partial charge on any atom is 0.323 e. The highest BCUT2D eigenvalue weighted by atomic mass is 16.4. The van der Waals surface area contributed by atoms with E-state index in [2.05, 4.69) is 0 Å². The number of amides is 2. The molecule has 0 aliphatic carbocycles. The largest absolute Gasteiger partial charge is 0.480 e. The van der Waals surface area contributed by atoms with Crippen LogP contribution in [0.25, 0.3) is 0 Å². The van der Waals surface area contributed by atoms with Gasteiger partial charge >= 0.3 is 12.0 Å². The second kappa shape index (κ2) is 5.47. The molecule has 0 saturated heterocycles. The fourth-order valence-electron chi connectivity index (χ4n) is 1.04. The number of carbonyl (C=O) groups is 2. The molecular weight excluding hydrogens is 184 g/mol. The smallest absolute Gasteiger partial charge is 0.323 e. The zero-order valence-corrected chi connectivity index (χ0v) is 9.15. The summed E-state index contributed by atoms with van der Waals surface area (Å²) in [6.45, 7) is 3.51. The van der Waals surface area contributed by atoms with Gasteiger partial charge in [-0.25, -0.2) is 4.79 Å². The zero-order valence-electron chi connectivity index (χ0n) is 9.15. The Kier molecular flexibility index (Phi) is 4.97. The summed E-state index contributed by atoms with van der Waals surface area (Å²) in [6, 6.07) is -0.317. The Bertz CT molecular complexity index is 216. The predicted molar refractivity (Wildman–Crippen MR) is 53.2 cm³/mol.